The number of thioether (sulfide) groups is 1. The molecule has 1 fully saturated rings. The molecular weight excluding hydrogens is 304 g/mol. The highest BCUT2D eigenvalue weighted by atomic mass is 32.2. The van der Waals surface area contributed by atoms with Crippen LogP contribution in [0.5, 0.6) is 0 Å². The van der Waals surface area contributed by atoms with Gasteiger partial charge >= 0.3 is 0 Å². The molecule has 0 amide bonds. The average molecular weight is 335 g/mol. The predicted octanol–water partition coefficient (Wildman–Crippen LogP) is 3.27. The molecule has 1 unspecified atom stereocenters. The summed E-state index contributed by atoms with van der Waals surface area (Å²) in [4.78, 5) is 6.81. The predicted molar refractivity (Wildman–Crippen MR) is 104 cm³/mol. The molecule has 128 valence electrons. The van der Waals surface area contributed by atoms with E-state index in [1.165, 1.54) is 42.9 Å². The van der Waals surface area contributed by atoms with Crippen molar-refractivity contribution in [2.45, 2.75) is 32.2 Å². The van der Waals surface area contributed by atoms with E-state index < -0.39 is 0 Å². The first-order valence-electron chi connectivity index (χ1n) is 8.55. The maximum atomic E-state index is 4.33. The van der Waals surface area contributed by atoms with E-state index in [4.69, 9.17) is 0 Å². The van der Waals surface area contributed by atoms with Gasteiger partial charge in [-0.1, -0.05) is 12.1 Å². The molecule has 1 aromatic rings. The lowest BCUT2D eigenvalue weighted by molar-refractivity contribution is 0.682. The quantitative estimate of drug-likeness (QED) is 0.456. The van der Waals surface area contributed by atoms with Gasteiger partial charge in [-0.2, -0.15) is 11.8 Å². The van der Waals surface area contributed by atoms with Crippen molar-refractivity contribution >= 4 is 23.4 Å². The summed E-state index contributed by atoms with van der Waals surface area (Å²) in [6, 6.07) is 9.12. The Morgan fingerprint density at radius 2 is 2.13 bits per heavy atom. The molecule has 23 heavy (non-hydrogen) atoms. The Hall–Kier alpha value is -1.36. The Balaban J connectivity index is 1.91. The number of rotatable bonds is 7. The molecule has 4 nitrogen and oxygen atoms in total. The molecule has 0 aromatic heterocycles. The minimum atomic E-state index is 0.240. The summed E-state index contributed by atoms with van der Waals surface area (Å²) in [7, 11) is 1.83. The zero-order valence-electron chi connectivity index (χ0n) is 14.6. The first-order chi connectivity index (χ1) is 11.2. The molecule has 2 rings (SSSR count). The van der Waals surface area contributed by atoms with Crippen LogP contribution in [0.1, 0.15) is 37.8 Å². The number of nitrogens with one attached hydrogen (secondary N) is 2. The Morgan fingerprint density at radius 3 is 2.83 bits per heavy atom. The van der Waals surface area contributed by atoms with Crippen LogP contribution in [0.4, 0.5) is 5.69 Å². The summed E-state index contributed by atoms with van der Waals surface area (Å²) < 4.78 is 0. The zero-order valence-corrected chi connectivity index (χ0v) is 15.5. The van der Waals surface area contributed by atoms with Crippen LogP contribution in [0.15, 0.2) is 29.3 Å². The molecule has 5 heteroatoms. The second-order valence-corrected chi connectivity index (χ2v) is 6.99. The highest BCUT2D eigenvalue weighted by Gasteiger charge is 2.14. The van der Waals surface area contributed by atoms with Crippen molar-refractivity contribution < 1.29 is 0 Å². The van der Waals surface area contributed by atoms with E-state index in [2.05, 4.69) is 58.0 Å². The summed E-state index contributed by atoms with van der Waals surface area (Å²) in [6.07, 6.45) is 5.92. The molecule has 1 aromatic carbocycles. The fraction of sp³-hybridized carbons (Fsp3) is 0.611. The third kappa shape index (κ3) is 5.65. The molecule has 1 aliphatic heterocycles. The Morgan fingerprint density at radius 1 is 1.35 bits per heavy atom. The number of nitrogens with zero attached hydrogens (tertiary/aromatic N) is 2. The maximum Gasteiger partial charge on any atom is 0.191 e. The van der Waals surface area contributed by atoms with Crippen molar-refractivity contribution in [3.05, 3.63) is 29.8 Å². The smallest absolute Gasteiger partial charge is 0.191 e. The van der Waals surface area contributed by atoms with Crippen molar-refractivity contribution in [2.24, 2.45) is 4.99 Å². The van der Waals surface area contributed by atoms with Crippen LogP contribution in [0.25, 0.3) is 0 Å². The van der Waals surface area contributed by atoms with Gasteiger partial charge in [-0.15, -0.1) is 0 Å². The van der Waals surface area contributed by atoms with E-state index in [-0.39, 0.29) is 6.04 Å². The molecule has 1 heterocycles. The van der Waals surface area contributed by atoms with E-state index in [1.807, 2.05) is 18.8 Å². The van der Waals surface area contributed by atoms with Crippen LogP contribution in [0.2, 0.25) is 0 Å². The van der Waals surface area contributed by atoms with Gasteiger partial charge in [-0.25, -0.2) is 0 Å². The number of anilines is 1. The monoisotopic (exact) mass is 334 g/mol. The normalized spacial score (nSPS) is 16.5. The van der Waals surface area contributed by atoms with Gasteiger partial charge in [0.05, 0.1) is 6.04 Å². The van der Waals surface area contributed by atoms with Gasteiger partial charge in [0.2, 0.25) is 0 Å². The van der Waals surface area contributed by atoms with Gasteiger partial charge in [0, 0.05) is 32.4 Å². The first kappa shape index (κ1) is 18.0. The second-order valence-electron chi connectivity index (χ2n) is 6.00. The molecule has 0 aliphatic carbocycles. The summed E-state index contributed by atoms with van der Waals surface area (Å²) >= 11 is 1.88. The van der Waals surface area contributed by atoms with Crippen molar-refractivity contribution in [1.82, 2.24) is 10.6 Å². The third-order valence-electron chi connectivity index (χ3n) is 4.24. The standard InChI is InChI=1S/C18H30N4S/c1-15(21-18(19-2)20-10-7-13-23-3)16-8-6-9-17(14-16)22-11-4-5-12-22/h6,8-9,14-15H,4-5,7,10-13H2,1-3H3,(H2,19,20,21). The molecule has 2 N–H and O–H groups in total. The molecule has 0 bridgehead atoms. The Bertz CT molecular complexity index is 498. The molecule has 1 atom stereocenters. The van der Waals surface area contributed by atoms with E-state index >= 15 is 0 Å². The molecule has 0 radical (unpaired) electrons. The molecule has 0 spiro atoms. The summed E-state index contributed by atoms with van der Waals surface area (Å²) in [5.41, 5.74) is 2.65. The van der Waals surface area contributed by atoms with Crippen molar-refractivity contribution in [3.63, 3.8) is 0 Å². The van der Waals surface area contributed by atoms with Gasteiger partial charge in [0.15, 0.2) is 5.96 Å². The van der Waals surface area contributed by atoms with Crippen LogP contribution < -0.4 is 15.5 Å². The fourth-order valence-electron chi connectivity index (χ4n) is 2.87. The number of hydrogen-bond acceptors (Lipinski definition) is 3. The third-order valence-corrected chi connectivity index (χ3v) is 4.93. The number of hydrogen-bond donors (Lipinski definition) is 2. The lowest BCUT2D eigenvalue weighted by Crippen LogP contribution is -2.39. The maximum absolute atomic E-state index is 4.33. The van der Waals surface area contributed by atoms with Crippen molar-refractivity contribution in [2.75, 3.05) is 43.6 Å². The van der Waals surface area contributed by atoms with Crippen LogP contribution in [0, 0.1) is 0 Å². The molecule has 0 saturated carbocycles. The number of aliphatic imine (C=N–C) groups is 1. The van der Waals surface area contributed by atoms with Crippen molar-refractivity contribution in [3.8, 4) is 0 Å². The minimum absolute atomic E-state index is 0.240. The van der Waals surface area contributed by atoms with E-state index in [1.54, 1.807) is 0 Å². The van der Waals surface area contributed by atoms with E-state index in [9.17, 15) is 0 Å². The van der Waals surface area contributed by atoms with Gasteiger partial charge in [0.1, 0.15) is 0 Å². The number of benzene rings is 1. The van der Waals surface area contributed by atoms with Crippen LogP contribution >= 0.6 is 11.8 Å². The van der Waals surface area contributed by atoms with E-state index in [0.717, 1.165) is 18.9 Å². The minimum Gasteiger partial charge on any atom is -0.372 e. The van der Waals surface area contributed by atoms with Crippen LogP contribution in [-0.2, 0) is 0 Å². The summed E-state index contributed by atoms with van der Waals surface area (Å²) in [5, 5.41) is 6.88. The molecule has 1 saturated heterocycles. The second kappa shape index (κ2) is 9.71. The zero-order chi connectivity index (χ0) is 16.5. The summed E-state index contributed by atoms with van der Waals surface area (Å²) in [6.45, 7) is 5.52. The van der Waals surface area contributed by atoms with Crippen LogP contribution in [0.3, 0.4) is 0 Å². The average Bonchev–Trinajstić information content (AvgIpc) is 3.12. The lowest BCUT2D eigenvalue weighted by atomic mass is 10.1. The van der Waals surface area contributed by atoms with E-state index in [0.29, 0.717) is 0 Å². The molecular formula is C18H30N4S. The largest absolute Gasteiger partial charge is 0.372 e. The molecule has 1 aliphatic rings. The number of guanidine groups is 1. The van der Waals surface area contributed by atoms with Gasteiger partial charge in [-0.3, -0.25) is 4.99 Å². The van der Waals surface area contributed by atoms with Gasteiger partial charge in [0.25, 0.3) is 0 Å². The topological polar surface area (TPSA) is 39.7 Å². The van der Waals surface area contributed by atoms with Crippen LogP contribution in [-0.4, -0.2) is 44.7 Å². The van der Waals surface area contributed by atoms with Crippen molar-refractivity contribution in [1.29, 1.82) is 0 Å². The highest BCUT2D eigenvalue weighted by Crippen LogP contribution is 2.23. The SMILES string of the molecule is CN=C(NCCCSC)NC(C)c1cccc(N2CCCC2)c1. The first-order valence-corrected chi connectivity index (χ1v) is 9.95. The summed E-state index contributed by atoms with van der Waals surface area (Å²) in [5.74, 6) is 2.06. The Kier molecular flexibility index (Phi) is 7.59. The Labute approximate surface area is 145 Å². The lowest BCUT2D eigenvalue weighted by Gasteiger charge is -2.22. The van der Waals surface area contributed by atoms with Gasteiger partial charge in [-0.05, 0) is 55.9 Å². The fourth-order valence-corrected chi connectivity index (χ4v) is 3.31. The van der Waals surface area contributed by atoms with Gasteiger partial charge < -0.3 is 15.5 Å². The highest BCUT2D eigenvalue weighted by molar-refractivity contribution is 7.98.